The Bertz CT molecular complexity index is 444. The van der Waals surface area contributed by atoms with E-state index >= 15 is 0 Å². The molecular formula is C17H29N3. The van der Waals surface area contributed by atoms with Crippen LogP contribution in [0.4, 0.5) is 5.69 Å². The van der Waals surface area contributed by atoms with Crippen LogP contribution in [0.1, 0.15) is 45.9 Å². The predicted molar refractivity (Wildman–Crippen MR) is 88.2 cm³/mol. The van der Waals surface area contributed by atoms with Crippen molar-refractivity contribution in [3.63, 3.8) is 0 Å². The Labute approximate surface area is 124 Å². The molecule has 20 heavy (non-hydrogen) atoms. The van der Waals surface area contributed by atoms with Crippen molar-refractivity contribution in [2.24, 2.45) is 0 Å². The third kappa shape index (κ3) is 4.64. The molecule has 0 saturated carbocycles. The summed E-state index contributed by atoms with van der Waals surface area (Å²) in [4.78, 5) is 6.83. The molecule has 0 bridgehead atoms. The predicted octanol–water partition coefficient (Wildman–Crippen LogP) is 3.68. The van der Waals surface area contributed by atoms with Crippen molar-refractivity contribution < 1.29 is 0 Å². The molecular weight excluding hydrogens is 246 g/mol. The summed E-state index contributed by atoms with van der Waals surface area (Å²) in [6.07, 6.45) is 3.95. The number of hydrogen-bond donors (Lipinski definition) is 1. The van der Waals surface area contributed by atoms with Crippen LogP contribution < -0.4 is 10.2 Å². The van der Waals surface area contributed by atoms with Gasteiger partial charge in [-0.15, -0.1) is 6.58 Å². The Morgan fingerprint density at radius 2 is 2.05 bits per heavy atom. The van der Waals surface area contributed by atoms with Gasteiger partial charge in [0.15, 0.2) is 0 Å². The molecule has 0 spiro atoms. The lowest BCUT2D eigenvalue weighted by Crippen LogP contribution is -2.42. The summed E-state index contributed by atoms with van der Waals surface area (Å²) in [5.41, 5.74) is 3.58. The van der Waals surface area contributed by atoms with E-state index in [9.17, 15) is 0 Å². The van der Waals surface area contributed by atoms with Crippen LogP contribution in [0.25, 0.3) is 0 Å². The molecule has 1 N–H and O–H groups in total. The Morgan fingerprint density at radius 1 is 1.40 bits per heavy atom. The van der Waals surface area contributed by atoms with Gasteiger partial charge in [0, 0.05) is 47.8 Å². The van der Waals surface area contributed by atoms with Crippen molar-refractivity contribution in [1.29, 1.82) is 0 Å². The van der Waals surface area contributed by atoms with Crippen molar-refractivity contribution >= 4 is 5.69 Å². The third-order valence-corrected chi connectivity index (χ3v) is 3.21. The molecule has 0 aliphatic carbocycles. The molecule has 1 heterocycles. The van der Waals surface area contributed by atoms with Gasteiger partial charge in [-0.3, -0.25) is 4.98 Å². The number of hydrogen-bond acceptors (Lipinski definition) is 3. The van der Waals surface area contributed by atoms with E-state index < -0.39 is 0 Å². The molecule has 1 aromatic heterocycles. The van der Waals surface area contributed by atoms with Gasteiger partial charge in [-0.2, -0.15) is 0 Å². The highest BCUT2D eigenvalue weighted by atomic mass is 15.2. The first-order chi connectivity index (χ1) is 9.25. The molecule has 0 atom stereocenters. The molecule has 112 valence electrons. The summed E-state index contributed by atoms with van der Waals surface area (Å²) < 4.78 is 0. The van der Waals surface area contributed by atoms with Crippen molar-refractivity contribution in [1.82, 2.24) is 10.3 Å². The Balaban J connectivity index is 3.17. The number of pyridine rings is 1. The SMILES string of the molecule is C=CCN(c1cc(C)ncc1CNC(C)C)C(C)(C)C. The molecule has 3 nitrogen and oxygen atoms in total. The fourth-order valence-corrected chi connectivity index (χ4v) is 2.14. The van der Waals surface area contributed by atoms with Crippen LogP contribution in [-0.4, -0.2) is 23.1 Å². The summed E-state index contributed by atoms with van der Waals surface area (Å²) in [5, 5.41) is 3.48. The number of rotatable bonds is 6. The van der Waals surface area contributed by atoms with E-state index in [2.05, 4.69) is 62.5 Å². The van der Waals surface area contributed by atoms with Crippen molar-refractivity contribution in [2.45, 2.75) is 59.7 Å². The van der Waals surface area contributed by atoms with Gasteiger partial charge in [0.25, 0.3) is 0 Å². The van der Waals surface area contributed by atoms with Crippen LogP contribution in [0.5, 0.6) is 0 Å². The molecule has 0 aliphatic heterocycles. The summed E-state index contributed by atoms with van der Waals surface area (Å²) >= 11 is 0. The Kier molecular flexibility index (Phi) is 5.75. The van der Waals surface area contributed by atoms with Gasteiger partial charge in [0.2, 0.25) is 0 Å². The monoisotopic (exact) mass is 275 g/mol. The zero-order valence-corrected chi connectivity index (χ0v) is 13.8. The molecule has 0 aliphatic rings. The van der Waals surface area contributed by atoms with Gasteiger partial charge >= 0.3 is 0 Å². The Morgan fingerprint density at radius 3 is 2.55 bits per heavy atom. The highest BCUT2D eigenvalue weighted by Crippen LogP contribution is 2.28. The quantitative estimate of drug-likeness (QED) is 0.803. The van der Waals surface area contributed by atoms with E-state index in [0.717, 1.165) is 18.8 Å². The summed E-state index contributed by atoms with van der Waals surface area (Å²) in [7, 11) is 0. The van der Waals surface area contributed by atoms with E-state index in [4.69, 9.17) is 0 Å². The highest BCUT2D eigenvalue weighted by molar-refractivity contribution is 5.56. The molecule has 0 unspecified atom stereocenters. The van der Waals surface area contributed by atoms with Crippen LogP contribution in [0, 0.1) is 6.92 Å². The number of aryl methyl sites for hydroxylation is 1. The van der Waals surface area contributed by atoms with Crippen LogP contribution in [0.2, 0.25) is 0 Å². The zero-order chi connectivity index (χ0) is 15.3. The zero-order valence-electron chi connectivity index (χ0n) is 13.8. The van der Waals surface area contributed by atoms with Gasteiger partial charge in [-0.1, -0.05) is 19.9 Å². The summed E-state index contributed by atoms with van der Waals surface area (Å²) in [5.74, 6) is 0. The molecule has 0 radical (unpaired) electrons. The number of anilines is 1. The van der Waals surface area contributed by atoms with E-state index in [1.54, 1.807) is 0 Å². The van der Waals surface area contributed by atoms with Crippen molar-refractivity contribution in [3.8, 4) is 0 Å². The Hall–Kier alpha value is -1.35. The largest absolute Gasteiger partial charge is 0.363 e. The first-order valence-corrected chi connectivity index (χ1v) is 7.33. The second kappa shape index (κ2) is 6.89. The van der Waals surface area contributed by atoms with Gasteiger partial charge in [0.1, 0.15) is 0 Å². The van der Waals surface area contributed by atoms with E-state index in [1.807, 2.05) is 19.2 Å². The number of nitrogens with zero attached hydrogens (tertiary/aromatic N) is 2. The first-order valence-electron chi connectivity index (χ1n) is 7.33. The smallest absolute Gasteiger partial charge is 0.0452 e. The van der Waals surface area contributed by atoms with Gasteiger partial charge in [-0.05, 0) is 33.8 Å². The van der Waals surface area contributed by atoms with Gasteiger partial charge < -0.3 is 10.2 Å². The lowest BCUT2D eigenvalue weighted by molar-refractivity contribution is 0.517. The van der Waals surface area contributed by atoms with Crippen molar-refractivity contribution in [3.05, 3.63) is 36.2 Å². The van der Waals surface area contributed by atoms with E-state index in [-0.39, 0.29) is 5.54 Å². The second-order valence-electron chi connectivity index (χ2n) is 6.56. The molecule has 0 fully saturated rings. The third-order valence-electron chi connectivity index (χ3n) is 3.21. The van der Waals surface area contributed by atoms with Gasteiger partial charge in [0.05, 0.1) is 0 Å². The van der Waals surface area contributed by atoms with Crippen LogP contribution in [0.15, 0.2) is 24.9 Å². The fourth-order valence-electron chi connectivity index (χ4n) is 2.14. The van der Waals surface area contributed by atoms with Crippen LogP contribution >= 0.6 is 0 Å². The minimum atomic E-state index is 0.0502. The normalized spacial score (nSPS) is 11.8. The van der Waals surface area contributed by atoms with E-state index in [0.29, 0.717) is 6.04 Å². The summed E-state index contributed by atoms with van der Waals surface area (Å²) in [6, 6.07) is 2.64. The second-order valence-corrected chi connectivity index (χ2v) is 6.56. The maximum Gasteiger partial charge on any atom is 0.0452 e. The molecule has 0 amide bonds. The number of aromatic nitrogens is 1. The molecule has 0 saturated heterocycles. The van der Waals surface area contributed by atoms with Crippen LogP contribution in [-0.2, 0) is 6.54 Å². The lowest BCUT2D eigenvalue weighted by Gasteiger charge is -2.38. The fraction of sp³-hybridized carbons (Fsp3) is 0.588. The first kappa shape index (κ1) is 16.7. The minimum Gasteiger partial charge on any atom is -0.363 e. The summed E-state index contributed by atoms with van der Waals surface area (Å²) in [6.45, 7) is 18.6. The standard InChI is InChI=1S/C17H29N3/c1-8-9-20(17(5,6)7)16-10-14(4)19-12-15(16)11-18-13(2)3/h8,10,12-13,18H,1,9,11H2,2-7H3. The molecule has 0 aromatic carbocycles. The highest BCUT2D eigenvalue weighted by Gasteiger charge is 2.23. The maximum absolute atomic E-state index is 4.45. The molecule has 1 rings (SSSR count). The average Bonchev–Trinajstić information content (AvgIpc) is 2.32. The lowest BCUT2D eigenvalue weighted by atomic mass is 10.0. The molecule has 3 heteroatoms. The van der Waals surface area contributed by atoms with Crippen LogP contribution in [0.3, 0.4) is 0 Å². The minimum absolute atomic E-state index is 0.0502. The number of nitrogens with one attached hydrogen (secondary N) is 1. The van der Waals surface area contributed by atoms with Crippen molar-refractivity contribution in [2.75, 3.05) is 11.4 Å². The average molecular weight is 275 g/mol. The maximum atomic E-state index is 4.45. The van der Waals surface area contributed by atoms with E-state index in [1.165, 1.54) is 11.3 Å². The molecule has 1 aromatic rings. The topological polar surface area (TPSA) is 28.2 Å². The van der Waals surface area contributed by atoms with Gasteiger partial charge in [-0.25, -0.2) is 0 Å².